The third kappa shape index (κ3) is 1.68. The molecule has 1 saturated heterocycles. The van der Waals surface area contributed by atoms with Crippen molar-refractivity contribution in [1.29, 1.82) is 0 Å². The molecule has 2 unspecified atom stereocenters. The highest BCUT2D eigenvalue weighted by molar-refractivity contribution is 5.97. The summed E-state index contributed by atoms with van der Waals surface area (Å²) in [6, 6.07) is 8.31. The van der Waals surface area contributed by atoms with Gasteiger partial charge in [0.05, 0.1) is 23.1 Å². The Morgan fingerprint density at radius 1 is 1.11 bits per heavy atom. The number of pyridine rings is 1. The minimum atomic E-state index is 0.818. The average Bonchev–Trinajstić information content (AvgIpc) is 2.99. The molecule has 1 aromatic heterocycles. The first-order valence-electron chi connectivity index (χ1n) is 7.21. The minimum Gasteiger partial charge on any atom is -0.396 e. The molecule has 2 atom stereocenters. The van der Waals surface area contributed by atoms with Crippen LogP contribution in [0.2, 0.25) is 0 Å². The predicted octanol–water partition coefficient (Wildman–Crippen LogP) is 3.05. The molecule has 4 rings (SSSR count). The van der Waals surface area contributed by atoms with Gasteiger partial charge in [-0.05, 0) is 30.7 Å². The lowest BCUT2D eigenvalue weighted by Crippen LogP contribution is -2.22. The summed E-state index contributed by atoms with van der Waals surface area (Å²) in [5.74, 6) is 1.76. The molecule has 2 aliphatic rings. The Bertz CT molecular complexity index is 610. The maximum absolute atomic E-state index is 6.21. The number of benzene rings is 1. The normalized spacial score (nSPS) is 26.0. The van der Waals surface area contributed by atoms with Gasteiger partial charge in [0.25, 0.3) is 0 Å². The van der Waals surface area contributed by atoms with Crippen LogP contribution in [0.5, 0.6) is 0 Å². The lowest BCUT2D eigenvalue weighted by atomic mass is 10.0. The number of nitrogen functional groups attached to an aromatic ring is 1. The average molecular weight is 253 g/mol. The summed E-state index contributed by atoms with van der Waals surface area (Å²) in [6.07, 6.45) is 6.01. The summed E-state index contributed by atoms with van der Waals surface area (Å²) >= 11 is 0. The molecule has 1 saturated carbocycles. The third-order valence-corrected chi connectivity index (χ3v) is 4.82. The zero-order chi connectivity index (χ0) is 12.8. The van der Waals surface area contributed by atoms with E-state index < -0.39 is 0 Å². The molecule has 2 heterocycles. The van der Waals surface area contributed by atoms with Crippen LogP contribution in [0.15, 0.2) is 30.5 Å². The van der Waals surface area contributed by atoms with Crippen molar-refractivity contribution < 1.29 is 0 Å². The molecule has 1 aliphatic heterocycles. The highest BCUT2D eigenvalue weighted by Crippen LogP contribution is 2.42. The van der Waals surface area contributed by atoms with Crippen molar-refractivity contribution in [2.75, 3.05) is 23.7 Å². The number of para-hydroxylation sites is 1. The molecule has 0 spiro atoms. The Kier molecular flexibility index (Phi) is 2.40. The van der Waals surface area contributed by atoms with Crippen LogP contribution < -0.4 is 10.6 Å². The fourth-order valence-electron chi connectivity index (χ4n) is 3.91. The second-order valence-corrected chi connectivity index (χ2v) is 5.94. The first-order chi connectivity index (χ1) is 9.33. The van der Waals surface area contributed by atoms with Crippen LogP contribution in [0.1, 0.15) is 19.3 Å². The molecule has 3 heteroatoms. The lowest BCUT2D eigenvalue weighted by Gasteiger charge is -2.23. The van der Waals surface area contributed by atoms with Crippen LogP contribution in [0.25, 0.3) is 10.9 Å². The van der Waals surface area contributed by atoms with E-state index in [-0.39, 0.29) is 0 Å². The zero-order valence-corrected chi connectivity index (χ0v) is 11.0. The third-order valence-electron chi connectivity index (χ3n) is 4.82. The summed E-state index contributed by atoms with van der Waals surface area (Å²) in [6.45, 7) is 2.34. The second kappa shape index (κ2) is 4.12. The van der Waals surface area contributed by atoms with E-state index in [1.165, 1.54) is 43.4 Å². The molecule has 2 N–H and O–H groups in total. The van der Waals surface area contributed by atoms with Gasteiger partial charge in [0.1, 0.15) is 0 Å². The number of nitrogens with zero attached hydrogens (tertiary/aromatic N) is 2. The van der Waals surface area contributed by atoms with Gasteiger partial charge < -0.3 is 10.6 Å². The van der Waals surface area contributed by atoms with Crippen LogP contribution in [-0.4, -0.2) is 18.1 Å². The Balaban J connectivity index is 1.80. The van der Waals surface area contributed by atoms with Crippen molar-refractivity contribution in [1.82, 2.24) is 4.98 Å². The van der Waals surface area contributed by atoms with Gasteiger partial charge in [0.2, 0.25) is 0 Å². The summed E-state index contributed by atoms with van der Waals surface area (Å²) in [5.41, 5.74) is 9.28. The Hall–Kier alpha value is -1.77. The van der Waals surface area contributed by atoms with Crippen molar-refractivity contribution >= 4 is 22.3 Å². The van der Waals surface area contributed by atoms with E-state index in [1.54, 1.807) is 0 Å². The summed E-state index contributed by atoms with van der Waals surface area (Å²) < 4.78 is 0. The molecule has 1 aliphatic carbocycles. The highest BCUT2D eigenvalue weighted by Gasteiger charge is 2.37. The van der Waals surface area contributed by atoms with E-state index in [4.69, 9.17) is 5.73 Å². The SMILES string of the molecule is Nc1cnc2ccccc2c1N1CC2CCCC2C1. The van der Waals surface area contributed by atoms with Crippen molar-refractivity contribution in [3.63, 3.8) is 0 Å². The van der Waals surface area contributed by atoms with E-state index in [1.807, 2.05) is 12.3 Å². The Labute approximate surface area is 113 Å². The van der Waals surface area contributed by atoms with E-state index in [2.05, 4.69) is 28.1 Å². The van der Waals surface area contributed by atoms with Crippen LogP contribution in [0.4, 0.5) is 11.4 Å². The van der Waals surface area contributed by atoms with Crippen LogP contribution in [0, 0.1) is 11.8 Å². The van der Waals surface area contributed by atoms with E-state index in [0.29, 0.717) is 0 Å². The van der Waals surface area contributed by atoms with Crippen LogP contribution in [0.3, 0.4) is 0 Å². The van der Waals surface area contributed by atoms with Gasteiger partial charge in [-0.2, -0.15) is 0 Å². The topological polar surface area (TPSA) is 42.1 Å². The highest BCUT2D eigenvalue weighted by atomic mass is 15.2. The number of hydrogen-bond donors (Lipinski definition) is 1. The molecular weight excluding hydrogens is 234 g/mol. The molecule has 98 valence electrons. The molecule has 2 fully saturated rings. The molecule has 0 amide bonds. The van der Waals surface area contributed by atoms with Gasteiger partial charge in [-0.25, -0.2) is 0 Å². The maximum atomic E-state index is 6.21. The molecule has 0 bridgehead atoms. The quantitative estimate of drug-likeness (QED) is 0.849. The molecule has 3 nitrogen and oxygen atoms in total. The predicted molar refractivity (Wildman–Crippen MR) is 79.2 cm³/mol. The largest absolute Gasteiger partial charge is 0.396 e. The van der Waals surface area contributed by atoms with E-state index >= 15 is 0 Å². The Morgan fingerprint density at radius 2 is 1.84 bits per heavy atom. The molecule has 1 aromatic carbocycles. The van der Waals surface area contributed by atoms with Crippen LogP contribution >= 0.6 is 0 Å². The van der Waals surface area contributed by atoms with Gasteiger partial charge in [-0.3, -0.25) is 4.98 Å². The summed E-state index contributed by atoms with van der Waals surface area (Å²) in [5, 5.41) is 1.20. The molecule has 19 heavy (non-hydrogen) atoms. The zero-order valence-electron chi connectivity index (χ0n) is 11.0. The van der Waals surface area contributed by atoms with Crippen molar-refractivity contribution in [3.05, 3.63) is 30.5 Å². The number of aromatic nitrogens is 1. The molecule has 2 aromatic rings. The first kappa shape index (κ1) is 11.1. The smallest absolute Gasteiger partial charge is 0.0745 e. The van der Waals surface area contributed by atoms with Crippen molar-refractivity contribution in [3.8, 4) is 0 Å². The van der Waals surface area contributed by atoms with Gasteiger partial charge in [-0.1, -0.05) is 24.6 Å². The lowest BCUT2D eigenvalue weighted by molar-refractivity contribution is 0.494. The molecule has 0 radical (unpaired) electrons. The summed E-state index contributed by atoms with van der Waals surface area (Å²) in [7, 11) is 0. The summed E-state index contributed by atoms with van der Waals surface area (Å²) in [4.78, 5) is 6.93. The standard InChI is InChI=1S/C16H19N3/c17-14-8-18-15-7-2-1-6-13(15)16(14)19-9-11-4-3-5-12(11)10-19/h1-2,6-8,11-12H,3-5,9-10,17H2. The van der Waals surface area contributed by atoms with Gasteiger partial charge in [0.15, 0.2) is 0 Å². The van der Waals surface area contributed by atoms with Crippen molar-refractivity contribution in [2.45, 2.75) is 19.3 Å². The van der Waals surface area contributed by atoms with Gasteiger partial charge in [-0.15, -0.1) is 0 Å². The van der Waals surface area contributed by atoms with Gasteiger partial charge >= 0.3 is 0 Å². The Morgan fingerprint density at radius 3 is 2.63 bits per heavy atom. The van der Waals surface area contributed by atoms with Crippen LogP contribution in [-0.2, 0) is 0 Å². The fourth-order valence-corrected chi connectivity index (χ4v) is 3.91. The molecular formula is C16H19N3. The number of nitrogens with two attached hydrogens (primary N) is 1. The monoisotopic (exact) mass is 253 g/mol. The number of hydrogen-bond acceptors (Lipinski definition) is 3. The number of fused-ring (bicyclic) bond motifs is 2. The van der Waals surface area contributed by atoms with Gasteiger partial charge in [0, 0.05) is 18.5 Å². The van der Waals surface area contributed by atoms with E-state index in [0.717, 1.165) is 23.0 Å². The number of rotatable bonds is 1. The van der Waals surface area contributed by atoms with E-state index in [9.17, 15) is 0 Å². The maximum Gasteiger partial charge on any atom is 0.0745 e. The fraction of sp³-hybridized carbons (Fsp3) is 0.438. The first-order valence-corrected chi connectivity index (χ1v) is 7.21. The second-order valence-electron chi connectivity index (χ2n) is 5.94. The minimum absolute atomic E-state index is 0.818. The van der Waals surface area contributed by atoms with Crippen molar-refractivity contribution in [2.24, 2.45) is 11.8 Å². The number of anilines is 2.